The van der Waals surface area contributed by atoms with Gasteiger partial charge in [0.05, 0.1) is 30.7 Å². The summed E-state index contributed by atoms with van der Waals surface area (Å²) >= 11 is 0. The summed E-state index contributed by atoms with van der Waals surface area (Å²) < 4.78 is 22.0. The summed E-state index contributed by atoms with van der Waals surface area (Å²) in [5.41, 5.74) is 2.28. The number of carbonyl (C=O) groups excluding carboxylic acids is 1. The van der Waals surface area contributed by atoms with Crippen molar-refractivity contribution in [2.75, 3.05) is 42.5 Å². The third kappa shape index (κ3) is 4.40. The zero-order valence-corrected chi connectivity index (χ0v) is 17.5. The molecule has 2 aliphatic rings. The first-order chi connectivity index (χ1) is 15.7. The van der Waals surface area contributed by atoms with Crippen LogP contribution >= 0.6 is 0 Å². The van der Waals surface area contributed by atoms with E-state index in [0.29, 0.717) is 24.5 Å². The van der Waals surface area contributed by atoms with E-state index in [2.05, 4.69) is 25.1 Å². The summed E-state index contributed by atoms with van der Waals surface area (Å²) in [5, 5.41) is 7.64. The Balaban J connectivity index is 1.20. The minimum Gasteiger partial charge on any atom is -0.442 e. The van der Waals surface area contributed by atoms with Crippen molar-refractivity contribution in [3.8, 4) is 0 Å². The van der Waals surface area contributed by atoms with E-state index in [1.807, 2.05) is 12.1 Å². The van der Waals surface area contributed by atoms with Crippen LogP contribution < -0.4 is 9.80 Å². The standard InChI is InChI=1S/C22H24FN7O2/c23-20-13-18(30-16-19(32-22(30)31)15-29-8-7-25-26-29)1-2-21(20)28-11-9-27(10-12-28)14-17-3-5-24-6-4-17/h1-8,13,19H,9-12,14-16H2/t19-/m0/s1. The van der Waals surface area contributed by atoms with Crippen LogP contribution in [0.3, 0.4) is 0 Å². The number of halogens is 1. The molecular formula is C22H24FN7O2. The van der Waals surface area contributed by atoms with E-state index in [0.717, 1.165) is 32.7 Å². The fourth-order valence-electron chi connectivity index (χ4n) is 4.18. The van der Waals surface area contributed by atoms with E-state index in [1.165, 1.54) is 16.5 Å². The van der Waals surface area contributed by atoms with Crippen molar-refractivity contribution in [2.45, 2.75) is 19.2 Å². The third-order valence-electron chi connectivity index (χ3n) is 5.85. The zero-order valence-electron chi connectivity index (χ0n) is 17.5. The quantitative estimate of drug-likeness (QED) is 0.585. The Bertz CT molecular complexity index is 1060. The largest absolute Gasteiger partial charge is 0.442 e. The van der Waals surface area contributed by atoms with Crippen molar-refractivity contribution in [3.05, 3.63) is 66.5 Å². The highest BCUT2D eigenvalue weighted by Gasteiger charge is 2.33. The van der Waals surface area contributed by atoms with E-state index < -0.39 is 6.09 Å². The molecule has 2 aliphatic heterocycles. The summed E-state index contributed by atoms with van der Waals surface area (Å²) in [6.45, 7) is 4.81. The highest BCUT2D eigenvalue weighted by Crippen LogP contribution is 2.29. The van der Waals surface area contributed by atoms with Gasteiger partial charge in [-0.3, -0.25) is 14.8 Å². The SMILES string of the molecule is O=C1O[C@@H](Cn2ccnn2)CN1c1ccc(N2CCN(Cc3ccncc3)CC2)c(F)c1. The van der Waals surface area contributed by atoms with E-state index >= 15 is 0 Å². The average molecular weight is 437 g/mol. The molecule has 2 aromatic heterocycles. The number of aromatic nitrogens is 4. The number of hydrogen-bond acceptors (Lipinski definition) is 7. The van der Waals surface area contributed by atoms with Gasteiger partial charge in [0, 0.05) is 51.3 Å². The Morgan fingerprint density at radius 2 is 1.88 bits per heavy atom. The molecule has 0 N–H and O–H groups in total. The zero-order chi connectivity index (χ0) is 21.9. The van der Waals surface area contributed by atoms with Crippen LogP contribution in [0.1, 0.15) is 5.56 Å². The fraction of sp³-hybridized carbons (Fsp3) is 0.364. The van der Waals surface area contributed by atoms with Crippen LogP contribution in [-0.2, 0) is 17.8 Å². The predicted molar refractivity (Wildman–Crippen MR) is 116 cm³/mol. The molecular weight excluding hydrogens is 413 g/mol. The molecule has 5 rings (SSSR count). The second-order valence-corrected chi connectivity index (χ2v) is 8.00. The Morgan fingerprint density at radius 1 is 1.06 bits per heavy atom. The van der Waals surface area contributed by atoms with Gasteiger partial charge in [-0.15, -0.1) is 5.10 Å². The Labute approximate surface area is 185 Å². The van der Waals surface area contributed by atoms with Crippen molar-refractivity contribution < 1.29 is 13.9 Å². The van der Waals surface area contributed by atoms with E-state index in [4.69, 9.17) is 4.74 Å². The summed E-state index contributed by atoms with van der Waals surface area (Å²) in [6, 6.07) is 8.98. The molecule has 3 aromatic rings. The molecule has 2 saturated heterocycles. The molecule has 4 heterocycles. The van der Waals surface area contributed by atoms with Crippen LogP contribution in [0.5, 0.6) is 0 Å². The highest BCUT2D eigenvalue weighted by molar-refractivity contribution is 5.90. The molecule has 9 nitrogen and oxygen atoms in total. The van der Waals surface area contributed by atoms with Gasteiger partial charge in [-0.2, -0.15) is 0 Å². The number of pyridine rings is 1. The van der Waals surface area contributed by atoms with Gasteiger partial charge in [-0.25, -0.2) is 13.9 Å². The van der Waals surface area contributed by atoms with Gasteiger partial charge < -0.3 is 9.64 Å². The molecule has 1 aromatic carbocycles. The minimum atomic E-state index is -0.480. The number of cyclic esters (lactones) is 1. The number of anilines is 2. The van der Waals surface area contributed by atoms with Crippen LogP contribution in [0.2, 0.25) is 0 Å². The topological polar surface area (TPSA) is 79.6 Å². The normalized spacial score (nSPS) is 19.4. The van der Waals surface area contributed by atoms with Gasteiger partial charge in [-0.1, -0.05) is 5.21 Å². The maximum atomic E-state index is 15.0. The van der Waals surface area contributed by atoms with Crippen LogP contribution in [0.25, 0.3) is 0 Å². The second kappa shape index (κ2) is 8.91. The Kier molecular flexibility index (Phi) is 5.68. The number of benzene rings is 1. The lowest BCUT2D eigenvalue weighted by Crippen LogP contribution is -2.46. The Hall–Kier alpha value is -3.53. The van der Waals surface area contributed by atoms with E-state index in [-0.39, 0.29) is 11.9 Å². The van der Waals surface area contributed by atoms with Crippen LogP contribution in [0, 0.1) is 5.82 Å². The smallest absolute Gasteiger partial charge is 0.414 e. The van der Waals surface area contributed by atoms with Crippen LogP contribution in [0.4, 0.5) is 20.6 Å². The summed E-state index contributed by atoms with van der Waals surface area (Å²) in [4.78, 5) is 22.2. The van der Waals surface area contributed by atoms with Crippen molar-refractivity contribution in [3.63, 3.8) is 0 Å². The first kappa shape index (κ1) is 20.4. The summed E-state index contributed by atoms with van der Waals surface area (Å²) in [6.07, 6.45) is 6.04. The van der Waals surface area contributed by atoms with Crippen LogP contribution in [0.15, 0.2) is 55.1 Å². The van der Waals surface area contributed by atoms with Crippen LogP contribution in [-0.4, -0.2) is 69.8 Å². The number of nitrogens with zero attached hydrogens (tertiary/aromatic N) is 7. The number of amides is 1. The van der Waals surface area contributed by atoms with Gasteiger partial charge >= 0.3 is 6.09 Å². The number of carbonyl (C=O) groups is 1. The molecule has 0 spiro atoms. The summed E-state index contributed by atoms with van der Waals surface area (Å²) in [7, 11) is 0. The predicted octanol–water partition coefficient (Wildman–Crippen LogP) is 2.16. The molecule has 0 unspecified atom stereocenters. The first-order valence-electron chi connectivity index (χ1n) is 10.6. The highest BCUT2D eigenvalue weighted by atomic mass is 19.1. The molecule has 166 valence electrons. The van der Waals surface area contributed by atoms with Gasteiger partial charge in [0.1, 0.15) is 11.9 Å². The maximum Gasteiger partial charge on any atom is 0.414 e. The van der Waals surface area contributed by atoms with E-state index in [1.54, 1.807) is 41.6 Å². The first-order valence-corrected chi connectivity index (χ1v) is 10.6. The molecule has 1 atom stereocenters. The molecule has 10 heteroatoms. The number of hydrogen-bond donors (Lipinski definition) is 0. The molecule has 0 saturated carbocycles. The van der Waals surface area contributed by atoms with E-state index in [9.17, 15) is 9.18 Å². The van der Waals surface area contributed by atoms with Gasteiger partial charge in [-0.05, 0) is 35.9 Å². The third-order valence-corrected chi connectivity index (χ3v) is 5.85. The lowest BCUT2D eigenvalue weighted by molar-refractivity contribution is 0.129. The Morgan fingerprint density at radius 3 is 2.59 bits per heavy atom. The molecule has 2 fully saturated rings. The van der Waals surface area contributed by atoms with Gasteiger partial charge in [0.2, 0.25) is 0 Å². The molecule has 1 amide bonds. The number of rotatable bonds is 6. The fourth-order valence-corrected chi connectivity index (χ4v) is 4.18. The van der Waals surface area contributed by atoms with Crippen molar-refractivity contribution >= 4 is 17.5 Å². The number of ether oxygens (including phenoxy) is 1. The monoisotopic (exact) mass is 437 g/mol. The molecule has 0 aliphatic carbocycles. The summed E-state index contributed by atoms with van der Waals surface area (Å²) in [5.74, 6) is -0.336. The lowest BCUT2D eigenvalue weighted by Gasteiger charge is -2.36. The van der Waals surface area contributed by atoms with Gasteiger partial charge in [0.25, 0.3) is 0 Å². The lowest BCUT2D eigenvalue weighted by atomic mass is 10.2. The molecule has 32 heavy (non-hydrogen) atoms. The van der Waals surface area contributed by atoms with Gasteiger partial charge in [0.15, 0.2) is 0 Å². The number of piperazine rings is 1. The molecule has 0 radical (unpaired) electrons. The maximum absolute atomic E-state index is 15.0. The minimum absolute atomic E-state index is 0.336. The van der Waals surface area contributed by atoms with Crippen molar-refractivity contribution in [2.24, 2.45) is 0 Å². The average Bonchev–Trinajstić information content (AvgIpc) is 3.45. The van der Waals surface area contributed by atoms with Crippen molar-refractivity contribution in [1.82, 2.24) is 24.9 Å². The van der Waals surface area contributed by atoms with Crippen molar-refractivity contribution in [1.29, 1.82) is 0 Å². The molecule has 0 bridgehead atoms. The second-order valence-electron chi connectivity index (χ2n) is 8.00.